The number of hydrogen-bond acceptors (Lipinski definition) is 0. The summed E-state index contributed by atoms with van der Waals surface area (Å²) < 4.78 is 0. The number of hydrogen-bond donors (Lipinski definition) is 0. The Morgan fingerprint density at radius 3 is 1.88 bits per heavy atom. The van der Waals surface area contributed by atoms with Gasteiger partial charge < -0.3 is 13.3 Å². The molecule has 0 aromatic carbocycles. The number of rotatable bonds is 2. The van der Waals surface area contributed by atoms with E-state index in [9.17, 15) is 0 Å². The third-order valence-electron chi connectivity index (χ3n) is 0.638. The summed E-state index contributed by atoms with van der Waals surface area (Å²) in [5.74, 6) is 0.593. The Balaban J connectivity index is -0.000000125. The first-order valence-electron chi connectivity index (χ1n) is 2.38. The summed E-state index contributed by atoms with van der Waals surface area (Å²) in [6, 6.07) is 0. The van der Waals surface area contributed by atoms with Gasteiger partial charge in [0.1, 0.15) is 0 Å². The zero-order chi connectivity index (χ0) is 4.99. The van der Waals surface area contributed by atoms with Gasteiger partial charge >= 0.3 is 0 Å². The van der Waals surface area contributed by atoms with Gasteiger partial charge in [0, 0.05) is 65.4 Å². The second-order valence-electron chi connectivity index (χ2n) is 1.75. The van der Waals surface area contributed by atoms with Gasteiger partial charge in [0.25, 0.3) is 0 Å². The van der Waals surface area contributed by atoms with Crippen LogP contribution in [0.15, 0.2) is 0 Å². The van der Waals surface area contributed by atoms with Crippen molar-refractivity contribution < 1.29 is 65.4 Å². The zero-order valence-corrected chi connectivity index (χ0v) is 11.4. The topological polar surface area (TPSA) is 0 Å². The van der Waals surface area contributed by atoms with Crippen molar-refractivity contribution in [3.05, 3.63) is 13.3 Å². The summed E-state index contributed by atoms with van der Waals surface area (Å²) in [4.78, 5) is 0. The minimum Gasteiger partial charge on any atom is -0.343 e. The van der Waals surface area contributed by atoms with Crippen LogP contribution in [-0.2, 0) is 65.4 Å². The maximum absolute atomic E-state index is 3.80. The Morgan fingerprint density at radius 1 is 1.50 bits per heavy atom. The third-order valence-corrected chi connectivity index (χ3v) is 0.638. The van der Waals surface area contributed by atoms with Crippen LogP contribution < -0.4 is 0 Å². The van der Waals surface area contributed by atoms with Gasteiger partial charge in [-0.3, -0.25) is 0 Å². The van der Waals surface area contributed by atoms with E-state index in [-0.39, 0.29) is 65.4 Å². The fraction of sp³-hybridized carbons (Fsp3) is 0.667. The summed E-state index contributed by atoms with van der Waals surface area (Å²) in [6.07, 6.45) is 3.28. The molecule has 0 aliphatic heterocycles. The van der Waals surface area contributed by atoms with E-state index >= 15 is 0 Å². The van der Waals surface area contributed by atoms with Crippen LogP contribution in [0.2, 0.25) is 0 Å². The molecule has 8 heavy (non-hydrogen) atoms. The van der Waals surface area contributed by atoms with Crippen molar-refractivity contribution in [1.82, 2.24) is 0 Å². The Bertz CT molecular complexity index is 27.7. The molecule has 0 heterocycles. The van der Waals surface area contributed by atoms with Gasteiger partial charge in [-0.2, -0.15) is 12.8 Å². The molecular formula is C6H12Y2-2. The van der Waals surface area contributed by atoms with Gasteiger partial charge in [-0.1, -0.05) is 6.92 Å². The smallest absolute Gasteiger partial charge is 0 e. The van der Waals surface area contributed by atoms with Gasteiger partial charge in [0.2, 0.25) is 0 Å². The Morgan fingerprint density at radius 2 is 1.88 bits per heavy atom. The van der Waals surface area contributed by atoms with Crippen LogP contribution in [0.5, 0.6) is 0 Å². The first-order valence-corrected chi connectivity index (χ1v) is 2.38. The predicted octanol–water partition coefficient (Wildman–Crippen LogP) is 2.07. The van der Waals surface area contributed by atoms with E-state index in [1.807, 2.05) is 0 Å². The maximum Gasteiger partial charge on any atom is 0 e. The maximum atomic E-state index is 3.80. The van der Waals surface area contributed by atoms with E-state index in [1.54, 1.807) is 0 Å². The van der Waals surface area contributed by atoms with Crippen LogP contribution in [-0.4, -0.2) is 0 Å². The van der Waals surface area contributed by atoms with E-state index in [0.29, 0.717) is 5.92 Å². The molecule has 0 spiro atoms. The van der Waals surface area contributed by atoms with Crippen molar-refractivity contribution >= 4 is 0 Å². The van der Waals surface area contributed by atoms with Crippen molar-refractivity contribution in [3.63, 3.8) is 0 Å². The van der Waals surface area contributed by atoms with Crippen LogP contribution in [0.3, 0.4) is 0 Å². The molecule has 0 amide bonds. The van der Waals surface area contributed by atoms with Gasteiger partial charge in [-0.25, -0.2) is 6.42 Å². The van der Waals surface area contributed by atoms with Crippen molar-refractivity contribution in [2.24, 2.45) is 5.92 Å². The molecule has 0 bridgehead atoms. The third kappa shape index (κ3) is 15.7. The SMILES string of the molecule is [CH2-][C@H](C)C[CH-]C.[Y].[Y]. The molecule has 0 aromatic heterocycles. The van der Waals surface area contributed by atoms with E-state index in [0.717, 1.165) is 6.42 Å². The van der Waals surface area contributed by atoms with Crippen LogP contribution in [0.4, 0.5) is 0 Å². The second kappa shape index (κ2) is 11.9. The molecule has 0 aliphatic rings. The molecule has 1 atom stereocenters. The van der Waals surface area contributed by atoms with Crippen LogP contribution in [0, 0.1) is 19.3 Å². The molecule has 2 radical (unpaired) electrons. The van der Waals surface area contributed by atoms with E-state index in [2.05, 4.69) is 27.2 Å². The largest absolute Gasteiger partial charge is 0.343 e. The molecule has 0 rings (SSSR count). The normalized spacial score (nSPS) is 10.9. The first kappa shape index (κ1) is 16.7. The summed E-state index contributed by atoms with van der Waals surface area (Å²) in [6.45, 7) is 7.97. The molecule has 0 saturated heterocycles. The summed E-state index contributed by atoms with van der Waals surface area (Å²) in [5.41, 5.74) is 0. The molecule has 0 aromatic rings. The molecule has 0 unspecified atom stereocenters. The van der Waals surface area contributed by atoms with Crippen LogP contribution in [0.25, 0.3) is 0 Å². The van der Waals surface area contributed by atoms with Gasteiger partial charge in [0.15, 0.2) is 0 Å². The molecule has 0 N–H and O–H groups in total. The molecule has 0 fully saturated rings. The van der Waals surface area contributed by atoms with Gasteiger partial charge in [0.05, 0.1) is 0 Å². The summed E-state index contributed by atoms with van der Waals surface area (Å²) in [7, 11) is 0. The Kier molecular flexibility index (Phi) is 24.9. The summed E-state index contributed by atoms with van der Waals surface area (Å²) in [5, 5.41) is 0. The van der Waals surface area contributed by atoms with E-state index in [4.69, 9.17) is 0 Å². The fourth-order valence-electron chi connectivity index (χ4n) is 0.402. The Hall–Kier alpha value is 2.21. The van der Waals surface area contributed by atoms with Crippen molar-refractivity contribution in [3.8, 4) is 0 Å². The average molecular weight is 262 g/mol. The molecule has 0 nitrogen and oxygen atoms in total. The van der Waals surface area contributed by atoms with Crippen molar-refractivity contribution in [2.45, 2.75) is 20.3 Å². The van der Waals surface area contributed by atoms with Crippen LogP contribution in [0.1, 0.15) is 20.3 Å². The monoisotopic (exact) mass is 262 g/mol. The molecule has 2 heteroatoms. The first-order chi connectivity index (χ1) is 2.77. The van der Waals surface area contributed by atoms with Crippen molar-refractivity contribution in [1.29, 1.82) is 0 Å². The molecule has 0 aliphatic carbocycles. The average Bonchev–Trinajstić information content (AvgIpc) is 1.35. The summed E-state index contributed by atoms with van der Waals surface area (Å²) >= 11 is 0. The predicted molar refractivity (Wildman–Crippen MR) is 29.1 cm³/mol. The Labute approximate surface area is 103 Å². The van der Waals surface area contributed by atoms with Crippen molar-refractivity contribution in [2.75, 3.05) is 0 Å². The molecule has 44 valence electrons. The molecule has 0 saturated carbocycles. The fourth-order valence-corrected chi connectivity index (χ4v) is 0.402. The van der Waals surface area contributed by atoms with Gasteiger partial charge in [-0.05, 0) is 0 Å². The minimum absolute atomic E-state index is 0. The second-order valence-corrected chi connectivity index (χ2v) is 1.75. The van der Waals surface area contributed by atoms with Gasteiger partial charge in [-0.15, -0.1) is 0 Å². The van der Waals surface area contributed by atoms with E-state index in [1.165, 1.54) is 0 Å². The molecular weight excluding hydrogens is 250 g/mol. The quantitative estimate of drug-likeness (QED) is 0.668. The van der Waals surface area contributed by atoms with Crippen LogP contribution >= 0.6 is 0 Å². The zero-order valence-electron chi connectivity index (χ0n) is 5.72. The minimum atomic E-state index is 0. The standard InChI is InChI=1S/C6H12.2Y/c1-4-5-6(2)3;;/h4,6H,2,5H2,1,3H3;;/q-2;;/t6-;;/m1../s1. The van der Waals surface area contributed by atoms with E-state index < -0.39 is 0 Å².